The molecular weight excluding hydrogens is 214 g/mol. The minimum absolute atomic E-state index is 0.168. The minimum Gasteiger partial charge on any atom is -0.368 e. The van der Waals surface area contributed by atoms with Gasteiger partial charge in [0.1, 0.15) is 0 Å². The second kappa shape index (κ2) is 3.06. The van der Waals surface area contributed by atoms with Crippen LogP contribution in [0.3, 0.4) is 0 Å². The van der Waals surface area contributed by atoms with Crippen LogP contribution in [0.15, 0.2) is 35.2 Å². The predicted molar refractivity (Wildman–Crippen MR) is 54.8 cm³/mol. The van der Waals surface area contributed by atoms with Crippen molar-refractivity contribution < 1.29 is 13.2 Å². The number of sulfone groups is 1. The van der Waals surface area contributed by atoms with E-state index in [0.717, 1.165) is 0 Å². The number of benzene rings is 1. The number of primary amides is 1. The standard InChI is InChI=1S/C10H11NO3S/c11-9(12)10(6-7-10)15(13,14)8-4-2-1-3-5-8/h1-5H,6-7H2,(H2,11,12). The minimum atomic E-state index is -3.60. The summed E-state index contributed by atoms with van der Waals surface area (Å²) in [5.74, 6) is -0.744. The number of amides is 1. The lowest BCUT2D eigenvalue weighted by atomic mass is 10.4. The van der Waals surface area contributed by atoms with Crippen molar-refractivity contribution in [2.24, 2.45) is 5.73 Å². The van der Waals surface area contributed by atoms with Gasteiger partial charge in [-0.2, -0.15) is 0 Å². The van der Waals surface area contributed by atoms with Crippen molar-refractivity contribution in [3.63, 3.8) is 0 Å². The van der Waals surface area contributed by atoms with Gasteiger partial charge in [-0.1, -0.05) is 18.2 Å². The molecule has 1 fully saturated rings. The topological polar surface area (TPSA) is 77.2 Å². The zero-order valence-corrected chi connectivity index (χ0v) is 8.83. The maximum Gasteiger partial charge on any atom is 0.239 e. The Balaban J connectivity index is 2.50. The summed E-state index contributed by atoms with van der Waals surface area (Å²) in [6.45, 7) is 0. The lowest BCUT2D eigenvalue weighted by Crippen LogP contribution is -2.38. The van der Waals surface area contributed by atoms with Gasteiger partial charge in [0, 0.05) is 0 Å². The molecule has 0 unspecified atom stereocenters. The fourth-order valence-corrected chi connectivity index (χ4v) is 3.46. The van der Waals surface area contributed by atoms with Crippen molar-refractivity contribution in [2.75, 3.05) is 0 Å². The summed E-state index contributed by atoms with van der Waals surface area (Å²) in [5, 5.41) is 0. The Hall–Kier alpha value is -1.36. The van der Waals surface area contributed by atoms with Crippen LogP contribution in [0.2, 0.25) is 0 Å². The maximum atomic E-state index is 12.1. The number of hydrogen-bond acceptors (Lipinski definition) is 3. The van der Waals surface area contributed by atoms with Crippen molar-refractivity contribution >= 4 is 15.7 Å². The van der Waals surface area contributed by atoms with Crippen LogP contribution in [-0.4, -0.2) is 19.1 Å². The monoisotopic (exact) mass is 225 g/mol. The average molecular weight is 225 g/mol. The van der Waals surface area contributed by atoms with Gasteiger partial charge in [-0.15, -0.1) is 0 Å². The van der Waals surface area contributed by atoms with Gasteiger partial charge >= 0.3 is 0 Å². The van der Waals surface area contributed by atoms with Crippen LogP contribution in [-0.2, 0) is 14.6 Å². The molecule has 1 saturated carbocycles. The third-order valence-corrected chi connectivity index (χ3v) is 5.25. The highest BCUT2D eigenvalue weighted by molar-refractivity contribution is 7.94. The van der Waals surface area contributed by atoms with Gasteiger partial charge in [0.2, 0.25) is 5.91 Å². The first-order chi connectivity index (χ1) is 7.01. The average Bonchev–Trinajstić information content (AvgIpc) is 3.00. The molecule has 2 rings (SSSR count). The van der Waals surface area contributed by atoms with E-state index in [-0.39, 0.29) is 4.90 Å². The zero-order valence-electron chi connectivity index (χ0n) is 8.01. The highest BCUT2D eigenvalue weighted by Crippen LogP contribution is 2.46. The molecule has 1 aromatic rings. The van der Waals surface area contributed by atoms with Crippen LogP contribution in [0.4, 0.5) is 0 Å². The summed E-state index contributed by atoms with van der Waals surface area (Å²) in [7, 11) is -3.60. The molecule has 0 bridgehead atoms. The maximum absolute atomic E-state index is 12.1. The molecule has 0 saturated heterocycles. The lowest BCUT2D eigenvalue weighted by Gasteiger charge is -2.11. The highest BCUT2D eigenvalue weighted by Gasteiger charge is 2.60. The van der Waals surface area contributed by atoms with Crippen LogP contribution in [0.1, 0.15) is 12.8 Å². The lowest BCUT2D eigenvalue weighted by molar-refractivity contribution is -0.118. The predicted octanol–water partition coefficient (Wildman–Crippen LogP) is 0.478. The molecule has 0 aliphatic heterocycles. The van der Waals surface area contributed by atoms with E-state index in [1.54, 1.807) is 18.2 Å². The molecule has 0 aromatic heterocycles. The SMILES string of the molecule is NC(=O)C1(S(=O)(=O)c2ccccc2)CC1. The van der Waals surface area contributed by atoms with E-state index in [2.05, 4.69) is 0 Å². The summed E-state index contributed by atoms with van der Waals surface area (Å²) >= 11 is 0. The summed E-state index contributed by atoms with van der Waals surface area (Å²) in [6, 6.07) is 7.95. The number of carbonyl (C=O) groups excluding carboxylic acids is 1. The summed E-state index contributed by atoms with van der Waals surface area (Å²) in [4.78, 5) is 11.3. The molecule has 1 aliphatic rings. The van der Waals surface area contributed by atoms with E-state index in [1.807, 2.05) is 0 Å². The van der Waals surface area contributed by atoms with E-state index in [9.17, 15) is 13.2 Å². The van der Waals surface area contributed by atoms with E-state index < -0.39 is 20.5 Å². The highest BCUT2D eigenvalue weighted by atomic mass is 32.2. The Labute approximate surface area is 88.0 Å². The van der Waals surface area contributed by atoms with Crippen molar-refractivity contribution in [3.8, 4) is 0 Å². The first-order valence-corrected chi connectivity index (χ1v) is 6.09. The molecule has 5 heteroatoms. The third kappa shape index (κ3) is 1.34. The second-order valence-electron chi connectivity index (χ2n) is 3.68. The fourth-order valence-electron chi connectivity index (χ4n) is 1.59. The molecule has 4 nitrogen and oxygen atoms in total. The molecule has 80 valence electrons. The normalized spacial score (nSPS) is 18.4. The van der Waals surface area contributed by atoms with Crippen molar-refractivity contribution in [1.29, 1.82) is 0 Å². The van der Waals surface area contributed by atoms with Crippen molar-refractivity contribution in [2.45, 2.75) is 22.5 Å². The van der Waals surface area contributed by atoms with Crippen LogP contribution in [0.5, 0.6) is 0 Å². The van der Waals surface area contributed by atoms with Crippen LogP contribution < -0.4 is 5.73 Å². The van der Waals surface area contributed by atoms with Crippen LogP contribution in [0.25, 0.3) is 0 Å². The molecule has 15 heavy (non-hydrogen) atoms. The van der Waals surface area contributed by atoms with Gasteiger partial charge in [0.15, 0.2) is 14.6 Å². The molecule has 1 aromatic carbocycles. The van der Waals surface area contributed by atoms with Gasteiger partial charge in [0.25, 0.3) is 0 Å². The fraction of sp³-hybridized carbons (Fsp3) is 0.300. The zero-order chi connectivity index (χ0) is 11.1. The summed E-state index contributed by atoms with van der Waals surface area (Å²) < 4.78 is 22.8. The van der Waals surface area contributed by atoms with Gasteiger partial charge in [-0.25, -0.2) is 8.42 Å². The van der Waals surface area contributed by atoms with Gasteiger partial charge in [-0.05, 0) is 25.0 Å². The number of rotatable bonds is 3. The van der Waals surface area contributed by atoms with E-state index >= 15 is 0 Å². The first-order valence-electron chi connectivity index (χ1n) is 4.60. The van der Waals surface area contributed by atoms with Crippen molar-refractivity contribution in [3.05, 3.63) is 30.3 Å². The first kappa shape index (κ1) is 10.2. The Kier molecular flexibility index (Phi) is 2.08. The second-order valence-corrected chi connectivity index (χ2v) is 5.93. The molecular formula is C10H11NO3S. The van der Waals surface area contributed by atoms with Crippen LogP contribution in [0, 0.1) is 0 Å². The summed E-state index contributed by atoms with van der Waals surface area (Å²) in [5.41, 5.74) is 5.14. The Morgan fingerprint density at radius 2 is 1.73 bits per heavy atom. The molecule has 0 radical (unpaired) electrons. The quantitative estimate of drug-likeness (QED) is 0.812. The third-order valence-electron chi connectivity index (χ3n) is 2.72. The van der Waals surface area contributed by atoms with E-state index in [4.69, 9.17) is 5.73 Å². The largest absolute Gasteiger partial charge is 0.368 e. The number of nitrogens with two attached hydrogens (primary N) is 1. The molecule has 1 aliphatic carbocycles. The van der Waals surface area contributed by atoms with Gasteiger partial charge in [0.05, 0.1) is 4.90 Å². The molecule has 0 spiro atoms. The Morgan fingerprint density at radius 3 is 2.13 bits per heavy atom. The van der Waals surface area contributed by atoms with Crippen LogP contribution >= 0.6 is 0 Å². The smallest absolute Gasteiger partial charge is 0.239 e. The molecule has 0 heterocycles. The number of carbonyl (C=O) groups is 1. The molecule has 0 atom stereocenters. The summed E-state index contributed by atoms with van der Waals surface area (Å²) in [6.07, 6.45) is 0.666. The van der Waals surface area contributed by atoms with Crippen molar-refractivity contribution in [1.82, 2.24) is 0 Å². The Morgan fingerprint density at radius 1 is 1.20 bits per heavy atom. The Bertz CT molecular complexity index is 489. The number of hydrogen-bond donors (Lipinski definition) is 1. The molecule has 2 N–H and O–H groups in total. The van der Waals surface area contributed by atoms with E-state index in [1.165, 1.54) is 12.1 Å². The molecule has 1 amide bonds. The van der Waals surface area contributed by atoms with E-state index in [0.29, 0.717) is 12.8 Å². The van der Waals surface area contributed by atoms with Gasteiger partial charge in [-0.3, -0.25) is 4.79 Å². The van der Waals surface area contributed by atoms with Gasteiger partial charge < -0.3 is 5.73 Å².